The van der Waals surface area contributed by atoms with Crippen LogP contribution in [0.15, 0.2) is 109 Å². The number of fused-ring (bicyclic) bond motifs is 7. The molecule has 3 aliphatic heterocycles. The summed E-state index contributed by atoms with van der Waals surface area (Å²) in [5, 5.41) is 0. The minimum Gasteiger partial charge on any atom is -0.334 e. The summed E-state index contributed by atoms with van der Waals surface area (Å²) in [4.78, 5) is 8.06. The first-order valence-electron chi connectivity index (χ1n) is 25.7. The van der Waals surface area contributed by atoms with Gasteiger partial charge in [0.25, 0.3) is 6.71 Å². The van der Waals surface area contributed by atoms with E-state index in [1.165, 1.54) is 134 Å². The van der Waals surface area contributed by atoms with E-state index >= 15 is 0 Å². The predicted molar refractivity (Wildman–Crippen MR) is 292 cm³/mol. The van der Waals surface area contributed by atoms with Gasteiger partial charge in [0.2, 0.25) is 0 Å². The summed E-state index contributed by atoms with van der Waals surface area (Å²) >= 11 is 0. The van der Waals surface area contributed by atoms with Crippen LogP contribution in [0.1, 0.15) is 173 Å². The molecule has 1 aliphatic carbocycles. The summed E-state index contributed by atoms with van der Waals surface area (Å²) in [6, 6.07) is 44.2. The van der Waals surface area contributed by atoms with Crippen molar-refractivity contribution in [3.8, 4) is 0 Å². The molecule has 0 saturated heterocycles. The Morgan fingerprint density at radius 3 is 1.69 bits per heavy atom. The van der Waals surface area contributed by atoms with Crippen LogP contribution < -0.4 is 31.1 Å². The fourth-order valence-electron chi connectivity index (χ4n) is 12.6. The van der Waals surface area contributed by atoms with Crippen molar-refractivity contribution in [3.63, 3.8) is 0 Å². The zero-order valence-electron chi connectivity index (χ0n) is 43.6. The molecule has 0 amide bonds. The van der Waals surface area contributed by atoms with Crippen LogP contribution in [0.3, 0.4) is 0 Å². The molecular formula is C63H76BN3. The van der Waals surface area contributed by atoms with Gasteiger partial charge >= 0.3 is 0 Å². The van der Waals surface area contributed by atoms with Crippen molar-refractivity contribution in [2.45, 2.75) is 175 Å². The van der Waals surface area contributed by atoms with Gasteiger partial charge in [-0.3, -0.25) is 0 Å². The highest BCUT2D eigenvalue weighted by molar-refractivity contribution is 7.00. The number of anilines is 8. The average Bonchev–Trinajstić information content (AvgIpc) is 3.43. The minimum absolute atomic E-state index is 0.0129. The quantitative estimate of drug-likeness (QED) is 0.163. The normalized spacial score (nSPS) is 20.2. The second-order valence-electron chi connectivity index (χ2n) is 24.9. The van der Waals surface area contributed by atoms with Crippen molar-refractivity contribution < 1.29 is 0 Å². The van der Waals surface area contributed by atoms with Crippen LogP contribution in [0.4, 0.5) is 45.5 Å². The van der Waals surface area contributed by atoms with Crippen LogP contribution in [-0.4, -0.2) is 12.3 Å². The molecule has 3 nitrogen and oxygen atoms in total. The standard InChI is InChI=1S/C63H76BN3/c1-40(2)43-20-29-53-49(37-43)62(14)32-18-16-17-19-33-63(62,15)67(53)48-27-28-50-55(39-48)65(47-25-21-44(22-26-47)59(5,6)7)56-34-41(3)35-57-58(56)64(50)51-38-46(61(11,12)13)24-31-54(51)66(57)52-30-23-45(36-42(52)4)60(8,9)10/h20-31,34-40H,16-19,32-33H2,1-15H3. The van der Waals surface area contributed by atoms with Crippen LogP contribution in [0.25, 0.3) is 0 Å². The van der Waals surface area contributed by atoms with Crippen LogP contribution in [0.5, 0.6) is 0 Å². The van der Waals surface area contributed by atoms with Gasteiger partial charge in [0.1, 0.15) is 0 Å². The highest BCUT2D eigenvalue weighted by Crippen LogP contribution is 2.60. The maximum atomic E-state index is 2.81. The third-order valence-electron chi connectivity index (χ3n) is 16.9. The lowest BCUT2D eigenvalue weighted by molar-refractivity contribution is 0.217. The van der Waals surface area contributed by atoms with Crippen LogP contribution in [0.2, 0.25) is 0 Å². The molecule has 0 aromatic heterocycles. The molecule has 1 fully saturated rings. The molecular weight excluding hydrogens is 810 g/mol. The van der Waals surface area contributed by atoms with E-state index in [4.69, 9.17) is 0 Å². The molecule has 4 aliphatic rings. The molecule has 0 bridgehead atoms. The lowest BCUT2D eigenvalue weighted by Gasteiger charge is -2.49. The Kier molecular flexibility index (Phi) is 10.6. The lowest BCUT2D eigenvalue weighted by atomic mass is 9.33. The fourth-order valence-corrected chi connectivity index (χ4v) is 12.6. The first kappa shape index (κ1) is 45.6. The molecule has 6 aromatic carbocycles. The minimum atomic E-state index is -0.0743. The largest absolute Gasteiger partial charge is 0.334 e. The predicted octanol–water partition coefficient (Wildman–Crippen LogP) is 15.9. The van der Waals surface area contributed by atoms with E-state index in [1.807, 2.05) is 0 Å². The summed E-state index contributed by atoms with van der Waals surface area (Å²) in [5.41, 5.74) is 24.1. The Morgan fingerprint density at radius 1 is 0.493 bits per heavy atom. The number of rotatable bonds is 4. The highest BCUT2D eigenvalue weighted by Gasteiger charge is 2.57. The molecule has 0 spiro atoms. The Labute approximate surface area is 405 Å². The van der Waals surface area contributed by atoms with Gasteiger partial charge in [-0.15, -0.1) is 0 Å². The van der Waals surface area contributed by atoms with E-state index in [0.29, 0.717) is 5.92 Å². The van der Waals surface area contributed by atoms with Gasteiger partial charge in [0.05, 0.1) is 5.54 Å². The fraction of sp³-hybridized carbons (Fsp3) is 0.429. The molecule has 1 saturated carbocycles. The monoisotopic (exact) mass is 886 g/mol. The molecule has 0 radical (unpaired) electrons. The van der Waals surface area contributed by atoms with E-state index in [0.717, 1.165) is 0 Å². The third kappa shape index (κ3) is 7.20. The number of hydrogen-bond acceptors (Lipinski definition) is 3. The maximum absolute atomic E-state index is 2.81. The van der Waals surface area contributed by atoms with Gasteiger partial charge in [-0.25, -0.2) is 0 Å². The van der Waals surface area contributed by atoms with Gasteiger partial charge in [0, 0.05) is 50.9 Å². The molecule has 2 atom stereocenters. The third-order valence-corrected chi connectivity index (χ3v) is 16.9. The summed E-state index contributed by atoms with van der Waals surface area (Å²) in [7, 11) is 0. The topological polar surface area (TPSA) is 9.72 Å². The second-order valence-corrected chi connectivity index (χ2v) is 24.9. The summed E-state index contributed by atoms with van der Waals surface area (Å²) in [6.45, 7) is 35.6. The number of nitrogens with zero attached hydrogens (tertiary/aromatic N) is 3. The van der Waals surface area contributed by atoms with Crippen molar-refractivity contribution in [2.24, 2.45) is 0 Å². The molecule has 3 heterocycles. The Hall–Kier alpha value is -5.22. The number of benzene rings is 6. The zero-order valence-corrected chi connectivity index (χ0v) is 43.6. The van der Waals surface area contributed by atoms with Crippen LogP contribution in [-0.2, 0) is 21.7 Å². The summed E-state index contributed by atoms with van der Waals surface area (Å²) in [5.74, 6) is 0.484. The van der Waals surface area contributed by atoms with E-state index in [9.17, 15) is 0 Å². The van der Waals surface area contributed by atoms with Gasteiger partial charge in [0.15, 0.2) is 0 Å². The maximum Gasteiger partial charge on any atom is 0.252 e. The SMILES string of the molecule is Cc1cc2c3c(c1)N(c1ccc(C(C)(C)C)cc1C)c1ccc(C(C)(C)C)cc1B3c1ccc(N3c4ccc(C(C)C)cc4C4(C)CCCCCCC34C)cc1N2c1ccc(C(C)(C)C)cc1. The van der Waals surface area contributed by atoms with E-state index < -0.39 is 0 Å². The number of hydrogen-bond donors (Lipinski definition) is 0. The van der Waals surface area contributed by atoms with Crippen molar-refractivity contribution in [3.05, 3.63) is 148 Å². The van der Waals surface area contributed by atoms with Crippen LogP contribution in [0, 0.1) is 13.8 Å². The summed E-state index contributed by atoms with van der Waals surface area (Å²) in [6.07, 6.45) is 7.55. The van der Waals surface area contributed by atoms with Gasteiger partial charge in [-0.1, -0.05) is 163 Å². The van der Waals surface area contributed by atoms with Gasteiger partial charge in [-0.2, -0.15) is 0 Å². The van der Waals surface area contributed by atoms with Gasteiger partial charge < -0.3 is 14.7 Å². The molecule has 0 N–H and O–H groups in total. The zero-order chi connectivity index (χ0) is 47.7. The smallest absolute Gasteiger partial charge is 0.252 e. The van der Waals surface area contributed by atoms with E-state index in [-0.39, 0.29) is 33.9 Å². The Balaban J connectivity index is 1.26. The second kappa shape index (κ2) is 15.7. The highest BCUT2D eigenvalue weighted by atomic mass is 15.3. The van der Waals surface area contributed by atoms with Crippen molar-refractivity contribution >= 4 is 68.6 Å². The molecule has 2 unspecified atom stereocenters. The lowest BCUT2D eigenvalue weighted by Crippen LogP contribution is -2.61. The Morgan fingerprint density at radius 2 is 1.06 bits per heavy atom. The van der Waals surface area contributed by atoms with Crippen molar-refractivity contribution in [2.75, 3.05) is 14.7 Å². The molecule has 10 rings (SSSR count). The van der Waals surface area contributed by atoms with E-state index in [1.54, 1.807) is 5.56 Å². The first-order valence-corrected chi connectivity index (χ1v) is 25.7. The van der Waals surface area contributed by atoms with Crippen molar-refractivity contribution in [1.29, 1.82) is 0 Å². The molecule has 6 aromatic rings. The molecule has 67 heavy (non-hydrogen) atoms. The summed E-state index contributed by atoms with van der Waals surface area (Å²) < 4.78 is 0. The van der Waals surface area contributed by atoms with Crippen molar-refractivity contribution in [1.82, 2.24) is 0 Å². The molecule has 346 valence electrons. The average molecular weight is 886 g/mol. The Bertz CT molecular complexity index is 2920. The first-order chi connectivity index (χ1) is 31.5. The number of aryl methyl sites for hydroxylation is 2. The van der Waals surface area contributed by atoms with Gasteiger partial charge in [-0.05, 0) is 166 Å². The van der Waals surface area contributed by atoms with Crippen LogP contribution >= 0.6 is 0 Å². The van der Waals surface area contributed by atoms with E-state index in [2.05, 4.69) is 228 Å². The molecule has 4 heteroatoms.